The summed E-state index contributed by atoms with van der Waals surface area (Å²) in [4.78, 5) is 38.2. The van der Waals surface area contributed by atoms with Gasteiger partial charge in [-0.15, -0.1) is 0 Å². The van der Waals surface area contributed by atoms with E-state index in [2.05, 4.69) is 5.32 Å². The van der Waals surface area contributed by atoms with Crippen LogP contribution in [0.1, 0.15) is 12.8 Å². The van der Waals surface area contributed by atoms with Gasteiger partial charge in [-0.3, -0.25) is 9.59 Å². The number of esters is 2. The van der Waals surface area contributed by atoms with E-state index in [9.17, 15) is 27.9 Å². The van der Waals surface area contributed by atoms with Crippen molar-refractivity contribution in [1.29, 1.82) is 0 Å². The summed E-state index contributed by atoms with van der Waals surface area (Å²) >= 11 is 0. The van der Waals surface area contributed by atoms with Crippen LogP contribution in [0.2, 0.25) is 0 Å². The maximum absolute atomic E-state index is 13.4. The number of anilines is 1. The van der Waals surface area contributed by atoms with E-state index in [4.69, 9.17) is 9.47 Å². The van der Waals surface area contributed by atoms with Crippen LogP contribution in [0.25, 0.3) is 0 Å². The number of hydrogen-bond acceptors (Lipinski definition) is 9. The Morgan fingerprint density at radius 3 is 2.59 bits per heavy atom. The lowest BCUT2D eigenvalue weighted by molar-refractivity contribution is -0.144. The van der Waals surface area contributed by atoms with Gasteiger partial charge in [0.25, 0.3) is 5.91 Å². The highest BCUT2D eigenvalue weighted by Crippen LogP contribution is 2.32. The third-order valence-corrected chi connectivity index (χ3v) is 7.33. The van der Waals surface area contributed by atoms with E-state index < -0.39 is 33.9 Å². The average molecular weight is 468 g/mol. The molecule has 12 heteroatoms. The number of rotatable bonds is 8. The summed E-state index contributed by atoms with van der Waals surface area (Å²) in [5.74, 6) is -1.95. The molecule has 174 valence electrons. The second-order valence-corrected chi connectivity index (χ2v) is 9.07. The molecule has 32 heavy (non-hydrogen) atoms. The van der Waals surface area contributed by atoms with Crippen LogP contribution in [0, 0.1) is 0 Å². The van der Waals surface area contributed by atoms with Gasteiger partial charge < -0.3 is 24.8 Å². The maximum atomic E-state index is 13.4. The Bertz CT molecular complexity index is 1050. The van der Waals surface area contributed by atoms with E-state index in [1.54, 1.807) is 6.07 Å². The second-order valence-electron chi connectivity index (χ2n) is 7.21. The fraction of sp³-hybridized carbons (Fsp3) is 0.450. The van der Waals surface area contributed by atoms with Crippen molar-refractivity contribution in [2.45, 2.75) is 23.8 Å². The minimum absolute atomic E-state index is 0.000952. The number of carbonyl (C=O) groups excluding carboxylic acids is 3. The van der Waals surface area contributed by atoms with Crippen LogP contribution in [-0.2, 0) is 33.9 Å². The van der Waals surface area contributed by atoms with E-state index >= 15 is 0 Å². The Morgan fingerprint density at radius 1 is 1.22 bits per heavy atom. The first-order chi connectivity index (χ1) is 15.3. The molecule has 2 heterocycles. The Hall–Kier alpha value is -2.96. The van der Waals surface area contributed by atoms with E-state index in [0.29, 0.717) is 12.8 Å². The predicted molar refractivity (Wildman–Crippen MR) is 112 cm³/mol. The highest BCUT2D eigenvalue weighted by atomic mass is 32.2. The van der Waals surface area contributed by atoms with Crippen molar-refractivity contribution in [2.75, 3.05) is 45.8 Å². The highest BCUT2D eigenvalue weighted by molar-refractivity contribution is 7.89. The van der Waals surface area contributed by atoms with Crippen LogP contribution in [0.4, 0.5) is 5.69 Å². The standard InChI is InChI=1S/C20H25N3O8S/c1-30-19(26)13-12-22(10-11-24)18(25)17(13)21-14-6-3-4-8-16(14)32(28,29)23-9-5-7-15(23)20(27)31-2/h3-4,6,8,15,21,24H,5,7,9-12H2,1-2H3. The van der Waals surface area contributed by atoms with E-state index in [-0.39, 0.29) is 48.1 Å². The van der Waals surface area contributed by atoms with Crippen molar-refractivity contribution in [3.8, 4) is 0 Å². The number of nitrogens with one attached hydrogen (secondary N) is 1. The number of methoxy groups -OCH3 is 2. The Balaban J connectivity index is 2.00. The topological polar surface area (TPSA) is 143 Å². The number of aliphatic hydroxyl groups is 1. The average Bonchev–Trinajstić information content (AvgIpc) is 3.40. The van der Waals surface area contributed by atoms with Crippen LogP contribution in [-0.4, -0.2) is 87.1 Å². The molecule has 1 atom stereocenters. The van der Waals surface area contributed by atoms with Gasteiger partial charge in [-0.2, -0.15) is 4.31 Å². The molecule has 0 spiro atoms. The monoisotopic (exact) mass is 467 g/mol. The molecule has 1 aromatic carbocycles. The van der Waals surface area contributed by atoms with Crippen molar-refractivity contribution < 1.29 is 37.4 Å². The predicted octanol–water partition coefficient (Wildman–Crippen LogP) is -0.314. The lowest BCUT2D eigenvalue weighted by Gasteiger charge is -2.24. The molecule has 0 saturated carbocycles. The molecule has 2 aliphatic heterocycles. The van der Waals surface area contributed by atoms with Gasteiger partial charge in [0.1, 0.15) is 16.6 Å². The normalized spacial score (nSPS) is 19.4. The largest absolute Gasteiger partial charge is 0.468 e. The summed E-state index contributed by atoms with van der Waals surface area (Å²) in [5, 5.41) is 12.0. The van der Waals surface area contributed by atoms with Crippen molar-refractivity contribution >= 4 is 33.6 Å². The van der Waals surface area contributed by atoms with E-state index in [1.165, 1.54) is 37.3 Å². The first-order valence-electron chi connectivity index (χ1n) is 9.93. The highest BCUT2D eigenvalue weighted by Gasteiger charge is 2.41. The lowest BCUT2D eigenvalue weighted by Crippen LogP contribution is -2.41. The maximum Gasteiger partial charge on any atom is 0.337 e. The molecule has 0 aromatic heterocycles. The summed E-state index contributed by atoms with van der Waals surface area (Å²) in [7, 11) is -1.76. The van der Waals surface area contributed by atoms with Gasteiger partial charge in [-0.25, -0.2) is 13.2 Å². The molecular weight excluding hydrogens is 442 g/mol. The summed E-state index contributed by atoms with van der Waals surface area (Å²) in [6, 6.07) is 4.97. The minimum Gasteiger partial charge on any atom is -0.468 e. The van der Waals surface area contributed by atoms with E-state index in [0.717, 1.165) is 4.31 Å². The van der Waals surface area contributed by atoms with Crippen LogP contribution in [0.15, 0.2) is 40.4 Å². The van der Waals surface area contributed by atoms with Crippen molar-refractivity contribution in [1.82, 2.24) is 9.21 Å². The number of aliphatic hydroxyl groups excluding tert-OH is 1. The van der Waals surface area contributed by atoms with Crippen LogP contribution < -0.4 is 5.32 Å². The number of para-hydroxylation sites is 1. The molecule has 1 saturated heterocycles. The van der Waals surface area contributed by atoms with Gasteiger partial charge in [-0.1, -0.05) is 12.1 Å². The van der Waals surface area contributed by atoms with Gasteiger partial charge in [-0.05, 0) is 25.0 Å². The Kier molecular flexibility index (Phi) is 7.16. The minimum atomic E-state index is -4.13. The summed E-state index contributed by atoms with van der Waals surface area (Å²) in [5.41, 5.74) is -0.0377. The lowest BCUT2D eigenvalue weighted by atomic mass is 10.2. The molecule has 0 bridgehead atoms. The summed E-state index contributed by atoms with van der Waals surface area (Å²) in [6.45, 7) is -0.239. The van der Waals surface area contributed by atoms with Crippen molar-refractivity contribution in [2.24, 2.45) is 0 Å². The third kappa shape index (κ3) is 4.33. The molecule has 1 aromatic rings. The van der Waals surface area contributed by atoms with Crippen molar-refractivity contribution in [3.63, 3.8) is 0 Å². The summed E-state index contributed by atoms with van der Waals surface area (Å²) in [6.07, 6.45) is 0.842. The zero-order valence-electron chi connectivity index (χ0n) is 17.7. The first-order valence-corrected chi connectivity index (χ1v) is 11.4. The number of nitrogens with zero attached hydrogens (tertiary/aromatic N) is 2. The number of β-amino-alcohol motifs (C(OH)–C–C–N with tert-alkyl or cyclic N) is 1. The fourth-order valence-electron chi connectivity index (χ4n) is 3.80. The number of benzene rings is 1. The smallest absolute Gasteiger partial charge is 0.337 e. The number of amides is 1. The Labute approximate surface area is 185 Å². The van der Waals surface area contributed by atoms with Gasteiger partial charge in [0.05, 0.1) is 38.6 Å². The number of hydrogen-bond donors (Lipinski definition) is 2. The third-order valence-electron chi connectivity index (χ3n) is 5.36. The first kappa shape index (κ1) is 23.7. The molecule has 3 rings (SSSR count). The SMILES string of the molecule is COC(=O)C1=C(Nc2ccccc2S(=O)(=O)N2CCCC2C(=O)OC)C(=O)N(CCO)C1. The van der Waals surface area contributed by atoms with Crippen LogP contribution in [0.5, 0.6) is 0 Å². The zero-order chi connectivity index (χ0) is 23.5. The molecule has 0 aliphatic carbocycles. The number of carbonyl (C=O) groups is 3. The quantitative estimate of drug-likeness (QED) is 0.492. The van der Waals surface area contributed by atoms with Crippen LogP contribution in [0.3, 0.4) is 0 Å². The fourth-order valence-corrected chi connectivity index (χ4v) is 5.60. The number of ether oxygens (including phenoxy) is 2. The van der Waals surface area contributed by atoms with Crippen molar-refractivity contribution in [3.05, 3.63) is 35.5 Å². The van der Waals surface area contributed by atoms with Crippen LogP contribution >= 0.6 is 0 Å². The molecule has 2 aliphatic rings. The molecule has 2 N–H and O–H groups in total. The Morgan fingerprint density at radius 2 is 1.94 bits per heavy atom. The summed E-state index contributed by atoms with van der Waals surface area (Å²) < 4.78 is 37.4. The molecular formula is C20H25N3O8S. The second kappa shape index (κ2) is 9.67. The van der Waals surface area contributed by atoms with Gasteiger partial charge >= 0.3 is 11.9 Å². The van der Waals surface area contributed by atoms with E-state index in [1.807, 2.05) is 0 Å². The number of sulfonamides is 1. The molecule has 11 nitrogen and oxygen atoms in total. The molecule has 0 radical (unpaired) electrons. The van der Waals surface area contributed by atoms with Gasteiger partial charge in [0.15, 0.2) is 0 Å². The molecule has 1 fully saturated rings. The van der Waals surface area contributed by atoms with Gasteiger partial charge in [0.2, 0.25) is 10.0 Å². The molecule has 1 amide bonds. The van der Waals surface area contributed by atoms with Gasteiger partial charge in [0, 0.05) is 13.1 Å². The zero-order valence-corrected chi connectivity index (χ0v) is 18.6. The molecule has 1 unspecified atom stereocenters.